The van der Waals surface area contributed by atoms with Gasteiger partial charge in [0.25, 0.3) is 0 Å². The summed E-state index contributed by atoms with van der Waals surface area (Å²) >= 11 is 5.85. The molecule has 112 valence electrons. The summed E-state index contributed by atoms with van der Waals surface area (Å²) in [5, 5.41) is 12.3. The molecular weight excluding hydrogens is 278 g/mol. The standard InChI is InChI=1S/C14H22ClN3O2/c1-9(2)13(18(3)6-7-19)14(20)17-10-4-5-11(15)12(16)8-10/h4-5,8-9,13,19H,6-7,16H2,1-3H3,(H,17,20). The predicted molar refractivity (Wildman–Crippen MR) is 82.8 cm³/mol. The van der Waals surface area contributed by atoms with E-state index >= 15 is 0 Å². The molecule has 0 heterocycles. The van der Waals surface area contributed by atoms with Gasteiger partial charge in [-0.05, 0) is 31.2 Å². The number of benzene rings is 1. The van der Waals surface area contributed by atoms with Gasteiger partial charge in [0.1, 0.15) is 0 Å². The Labute approximate surface area is 124 Å². The van der Waals surface area contributed by atoms with Crippen molar-refractivity contribution in [2.75, 3.05) is 31.2 Å². The monoisotopic (exact) mass is 299 g/mol. The fourth-order valence-electron chi connectivity index (χ4n) is 2.15. The lowest BCUT2D eigenvalue weighted by molar-refractivity contribution is -0.122. The third-order valence-corrected chi connectivity index (χ3v) is 3.44. The number of hydrogen-bond donors (Lipinski definition) is 3. The fourth-order valence-corrected chi connectivity index (χ4v) is 2.26. The van der Waals surface area contributed by atoms with Gasteiger partial charge in [-0.25, -0.2) is 0 Å². The zero-order chi connectivity index (χ0) is 15.3. The molecule has 1 aromatic carbocycles. The molecule has 1 unspecified atom stereocenters. The van der Waals surface area contributed by atoms with Crippen LogP contribution in [0.4, 0.5) is 11.4 Å². The van der Waals surface area contributed by atoms with Crippen LogP contribution in [0.25, 0.3) is 0 Å². The smallest absolute Gasteiger partial charge is 0.241 e. The van der Waals surface area contributed by atoms with Crippen LogP contribution < -0.4 is 11.1 Å². The average molecular weight is 300 g/mol. The minimum Gasteiger partial charge on any atom is -0.397 e. The van der Waals surface area contributed by atoms with Crippen molar-refractivity contribution >= 4 is 28.9 Å². The second-order valence-electron chi connectivity index (χ2n) is 5.12. The second-order valence-corrected chi connectivity index (χ2v) is 5.53. The second kappa shape index (κ2) is 7.47. The Hall–Kier alpha value is -1.30. The highest BCUT2D eigenvalue weighted by Crippen LogP contribution is 2.23. The first-order valence-electron chi connectivity index (χ1n) is 6.53. The van der Waals surface area contributed by atoms with E-state index in [-0.39, 0.29) is 24.5 Å². The third-order valence-electron chi connectivity index (χ3n) is 3.09. The van der Waals surface area contributed by atoms with Gasteiger partial charge >= 0.3 is 0 Å². The summed E-state index contributed by atoms with van der Waals surface area (Å²) < 4.78 is 0. The van der Waals surface area contributed by atoms with E-state index in [9.17, 15) is 4.79 Å². The summed E-state index contributed by atoms with van der Waals surface area (Å²) in [5.74, 6) is -0.00568. The fraction of sp³-hybridized carbons (Fsp3) is 0.500. The van der Waals surface area contributed by atoms with Gasteiger partial charge in [-0.3, -0.25) is 9.69 Å². The van der Waals surface area contributed by atoms with Gasteiger partial charge in [0.2, 0.25) is 5.91 Å². The van der Waals surface area contributed by atoms with Gasteiger partial charge in [0.15, 0.2) is 0 Å². The summed E-state index contributed by atoms with van der Waals surface area (Å²) in [6, 6.07) is 4.66. The molecule has 6 heteroatoms. The molecule has 0 aromatic heterocycles. The average Bonchev–Trinajstić information content (AvgIpc) is 2.33. The van der Waals surface area contributed by atoms with Crippen molar-refractivity contribution in [3.05, 3.63) is 23.2 Å². The number of hydrogen-bond acceptors (Lipinski definition) is 4. The molecule has 5 nitrogen and oxygen atoms in total. The van der Waals surface area contributed by atoms with Crippen LogP contribution in [0.3, 0.4) is 0 Å². The molecule has 0 fully saturated rings. The van der Waals surface area contributed by atoms with Crippen LogP contribution in [0, 0.1) is 5.92 Å². The van der Waals surface area contributed by atoms with Crippen molar-refractivity contribution in [2.45, 2.75) is 19.9 Å². The SMILES string of the molecule is CC(C)C(C(=O)Nc1ccc(Cl)c(N)c1)N(C)CCO. The van der Waals surface area contributed by atoms with Gasteiger partial charge in [-0.1, -0.05) is 25.4 Å². The number of nitrogens with one attached hydrogen (secondary N) is 1. The number of likely N-dealkylation sites (N-methyl/N-ethyl adjacent to an activating group) is 1. The lowest BCUT2D eigenvalue weighted by atomic mass is 10.0. The Bertz CT molecular complexity index is 466. The van der Waals surface area contributed by atoms with Crippen LogP contribution in [-0.2, 0) is 4.79 Å². The quantitative estimate of drug-likeness (QED) is 0.700. The Morgan fingerprint density at radius 1 is 1.50 bits per heavy atom. The summed E-state index contributed by atoms with van der Waals surface area (Å²) in [5.41, 5.74) is 6.75. The zero-order valence-electron chi connectivity index (χ0n) is 12.1. The number of nitrogens with two attached hydrogens (primary N) is 1. The molecule has 0 aliphatic carbocycles. The number of anilines is 2. The predicted octanol–water partition coefficient (Wildman–Crippen LogP) is 1.81. The van der Waals surface area contributed by atoms with Crippen LogP contribution >= 0.6 is 11.6 Å². The van der Waals surface area contributed by atoms with E-state index in [0.717, 1.165) is 0 Å². The third kappa shape index (κ3) is 4.37. The lowest BCUT2D eigenvalue weighted by Crippen LogP contribution is -2.46. The summed E-state index contributed by atoms with van der Waals surface area (Å²) in [4.78, 5) is 14.2. The van der Waals surface area contributed by atoms with Crippen LogP contribution in [-0.4, -0.2) is 42.2 Å². The maximum Gasteiger partial charge on any atom is 0.241 e. The van der Waals surface area contributed by atoms with Crippen molar-refractivity contribution in [3.63, 3.8) is 0 Å². The number of aliphatic hydroxyl groups is 1. The number of nitrogen functional groups attached to an aromatic ring is 1. The molecule has 0 spiro atoms. The topological polar surface area (TPSA) is 78.6 Å². The van der Waals surface area contributed by atoms with Crippen LogP contribution in [0.1, 0.15) is 13.8 Å². The van der Waals surface area contributed by atoms with Gasteiger partial charge in [-0.2, -0.15) is 0 Å². The number of carbonyl (C=O) groups excluding carboxylic acids is 1. The molecule has 1 aromatic rings. The highest BCUT2D eigenvalue weighted by Gasteiger charge is 2.26. The number of nitrogens with zero attached hydrogens (tertiary/aromatic N) is 1. The molecule has 0 saturated heterocycles. The number of aliphatic hydroxyl groups excluding tert-OH is 1. The largest absolute Gasteiger partial charge is 0.397 e. The van der Waals surface area contributed by atoms with Gasteiger partial charge in [0.05, 0.1) is 23.4 Å². The maximum atomic E-state index is 12.4. The van der Waals surface area contributed by atoms with Crippen molar-refractivity contribution < 1.29 is 9.90 Å². The number of amides is 1. The van der Waals surface area contributed by atoms with Gasteiger partial charge < -0.3 is 16.2 Å². The first-order chi connectivity index (χ1) is 9.36. The molecule has 1 rings (SSSR count). The Kier molecular flexibility index (Phi) is 6.26. The Morgan fingerprint density at radius 3 is 2.65 bits per heavy atom. The zero-order valence-corrected chi connectivity index (χ0v) is 12.8. The highest BCUT2D eigenvalue weighted by molar-refractivity contribution is 6.33. The Balaban J connectivity index is 2.82. The molecule has 0 saturated carbocycles. The van der Waals surface area contributed by atoms with E-state index in [1.807, 2.05) is 25.8 Å². The first-order valence-corrected chi connectivity index (χ1v) is 6.91. The normalized spacial score (nSPS) is 12.8. The van der Waals surface area contributed by atoms with E-state index < -0.39 is 0 Å². The summed E-state index contributed by atoms with van der Waals surface area (Å²) in [6.07, 6.45) is 0. The molecule has 0 radical (unpaired) electrons. The molecule has 0 aliphatic heterocycles. The molecule has 4 N–H and O–H groups in total. The van der Waals surface area contributed by atoms with E-state index in [0.29, 0.717) is 22.9 Å². The van der Waals surface area contributed by atoms with E-state index in [1.165, 1.54) is 0 Å². The van der Waals surface area contributed by atoms with Crippen molar-refractivity contribution in [3.8, 4) is 0 Å². The molecule has 1 amide bonds. The van der Waals surface area contributed by atoms with Crippen molar-refractivity contribution in [2.24, 2.45) is 5.92 Å². The van der Waals surface area contributed by atoms with Crippen LogP contribution in [0.2, 0.25) is 5.02 Å². The van der Waals surface area contributed by atoms with E-state index in [2.05, 4.69) is 5.32 Å². The van der Waals surface area contributed by atoms with E-state index in [4.69, 9.17) is 22.4 Å². The molecule has 20 heavy (non-hydrogen) atoms. The Morgan fingerprint density at radius 2 is 2.15 bits per heavy atom. The molecule has 1 atom stereocenters. The highest BCUT2D eigenvalue weighted by atomic mass is 35.5. The minimum atomic E-state index is -0.320. The summed E-state index contributed by atoms with van der Waals surface area (Å²) in [7, 11) is 1.82. The summed E-state index contributed by atoms with van der Waals surface area (Å²) in [6.45, 7) is 4.39. The van der Waals surface area contributed by atoms with Crippen molar-refractivity contribution in [1.29, 1.82) is 0 Å². The minimum absolute atomic E-state index is 0.0148. The molecule has 0 bridgehead atoms. The van der Waals surface area contributed by atoms with E-state index in [1.54, 1.807) is 18.2 Å². The van der Waals surface area contributed by atoms with Gasteiger partial charge in [-0.15, -0.1) is 0 Å². The van der Waals surface area contributed by atoms with Crippen molar-refractivity contribution in [1.82, 2.24) is 4.90 Å². The maximum absolute atomic E-state index is 12.4. The number of halogens is 1. The molecular formula is C14H22ClN3O2. The molecule has 0 aliphatic rings. The van der Waals surface area contributed by atoms with Gasteiger partial charge in [0, 0.05) is 12.2 Å². The number of carbonyl (C=O) groups is 1. The lowest BCUT2D eigenvalue weighted by Gasteiger charge is -2.29. The number of rotatable bonds is 6. The first kappa shape index (κ1) is 16.8. The van der Waals surface area contributed by atoms with Crippen LogP contribution in [0.5, 0.6) is 0 Å². The van der Waals surface area contributed by atoms with Crippen LogP contribution in [0.15, 0.2) is 18.2 Å².